The van der Waals surface area contributed by atoms with Crippen molar-refractivity contribution in [2.24, 2.45) is 5.73 Å². The van der Waals surface area contributed by atoms with Crippen LogP contribution < -0.4 is 5.73 Å². The molecule has 1 aromatic carbocycles. The molecule has 0 radical (unpaired) electrons. The molecule has 3 nitrogen and oxygen atoms in total. The predicted octanol–water partition coefficient (Wildman–Crippen LogP) is 3.84. The van der Waals surface area contributed by atoms with Crippen LogP contribution in [0.3, 0.4) is 0 Å². The lowest BCUT2D eigenvalue weighted by Gasteiger charge is -2.15. The van der Waals surface area contributed by atoms with Crippen LogP contribution in [0, 0.1) is 5.82 Å². The molecule has 0 saturated heterocycles. The van der Waals surface area contributed by atoms with Gasteiger partial charge in [0, 0.05) is 10.5 Å². The summed E-state index contributed by atoms with van der Waals surface area (Å²) in [6.45, 7) is 1.99. The van der Waals surface area contributed by atoms with E-state index in [4.69, 9.17) is 17.3 Å². The van der Waals surface area contributed by atoms with Gasteiger partial charge in [-0.15, -0.1) is 0 Å². The molecule has 2 aromatic rings. The van der Waals surface area contributed by atoms with Gasteiger partial charge in [-0.1, -0.05) is 18.5 Å². The number of rotatable bonds is 3. The molecule has 18 heavy (non-hydrogen) atoms. The number of nitrogens with two attached hydrogens (primary N) is 1. The van der Waals surface area contributed by atoms with E-state index in [1.807, 2.05) is 6.92 Å². The van der Waals surface area contributed by atoms with Crippen LogP contribution in [0.2, 0.25) is 5.02 Å². The van der Waals surface area contributed by atoms with Gasteiger partial charge in [-0.05, 0) is 34.5 Å². The van der Waals surface area contributed by atoms with E-state index in [-0.39, 0.29) is 6.04 Å². The minimum atomic E-state index is -0.392. The van der Waals surface area contributed by atoms with Crippen LogP contribution in [0.4, 0.5) is 4.39 Å². The molecule has 0 spiro atoms. The maximum Gasteiger partial charge on any atom is 0.125 e. The summed E-state index contributed by atoms with van der Waals surface area (Å²) in [6.07, 6.45) is 4.09. The second-order valence-electron chi connectivity index (χ2n) is 3.92. The van der Waals surface area contributed by atoms with Gasteiger partial charge < -0.3 is 5.73 Å². The highest BCUT2D eigenvalue weighted by molar-refractivity contribution is 9.10. The summed E-state index contributed by atoms with van der Waals surface area (Å²) in [7, 11) is 0. The summed E-state index contributed by atoms with van der Waals surface area (Å²) in [6, 6.07) is 2.49. The molecule has 2 rings (SSSR count). The second-order valence-corrected chi connectivity index (χ2v) is 5.18. The largest absolute Gasteiger partial charge is 0.323 e. The third-order valence-electron chi connectivity index (χ3n) is 2.71. The minimum absolute atomic E-state index is 0.138. The topological polar surface area (TPSA) is 43.8 Å². The van der Waals surface area contributed by atoms with Gasteiger partial charge in [-0.2, -0.15) is 0 Å². The summed E-state index contributed by atoms with van der Waals surface area (Å²) in [5, 5.41) is 0.310. The van der Waals surface area contributed by atoms with E-state index in [1.54, 1.807) is 17.1 Å². The van der Waals surface area contributed by atoms with Crippen LogP contribution >= 0.6 is 27.5 Å². The van der Waals surface area contributed by atoms with Crippen molar-refractivity contribution in [3.8, 4) is 5.69 Å². The molecule has 0 amide bonds. The van der Waals surface area contributed by atoms with Crippen molar-refractivity contribution in [3.63, 3.8) is 0 Å². The van der Waals surface area contributed by atoms with Crippen molar-refractivity contribution in [1.29, 1.82) is 0 Å². The molecule has 2 N–H and O–H groups in total. The molecular formula is C12H12BrClFN3. The quantitative estimate of drug-likeness (QED) is 0.928. The molecule has 1 atom stereocenters. The molecule has 1 heterocycles. The normalized spacial score (nSPS) is 12.7. The lowest BCUT2D eigenvalue weighted by atomic mass is 10.2. The predicted molar refractivity (Wildman–Crippen MR) is 73.5 cm³/mol. The fourth-order valence-electron chi connectivity index (χ4n) is 1.74. The van der Waals surface area contributed by atoms with E-state index >= 15 is 0 Å². The first-order chi connectivity index (χ1) is 8.54. The second kappa shape index (κ2) is 5.38. The van der Waals surface area contributed by atoms with Gasteiger partial charge in [0.05, 0.1) is 28.9 Å². The first kappa shape index (κ1) is 13.5. The number of aromatic nitrogens is 2. The first-order valence-corrected chi connectivity index (χ1v) is 6.64. The Balaban J connectivity index is 2.59. The van der Waals surface area contributed by atoms with E-state index in [9.17, 15) is 4.39 Å². The highest BCUT2D eigenvalue weighted by Crippen LogP contribution is 2.32. The highest BCUT2D eigenvalue weighted by Gasteiger charge is 2.16. The number of imidazole rings is 1. The zero-order valence-electron chi connectivity index (χ0n) is 9.70. The summed E-state index contributed by atoms with van der Waals surface area (Å²) in [5.41, 5.74) is 7.50. The Morgan fingerprint density at radius 3 is 2.89 bits per heavy atom. The van der Waals surface area contributed by atoms with E-state index in [2.05, 4.69) is 20.9 Å². The van der Waals surface area contributed by atoms with Gasteiger partial charge >= 0.3 is 0 Å². The van der Waals surface area contributed by atoms with Crippen LogP contribution in [0.25, 0.3) is 5.69 Å². The SMILES string of the molecule is CC[C@@H](N)c1cncn1-c1c(Cl)cc(F)cc1Br. The van der Waals surface area contributed by atoms with Gasteiger partial charge in [0.1, 0.15) is 5.82 Å². The lowest BCUT2D eigenvalue weighted by molar-refractivity contribution is 0.625. The van der Waals surface area contributed by atoms with Gasteiger partial charge in [-0.3, -0.25) is 4.57 Å². The summed E-state index contributed by atoms with van der Waals surface area (Å²) in [5.74, 6) is -0.392. The zero-order valence-corrected chi connectivity index (χ0v) is 12.0. The summed E-state index contributed by atoms with van der Waals surface area (Å²) in [4.78, 5) is 4.08. The zero-order chi connectivity index (χ0) is 13.3. The molecule has 6 heteroatoms. The molecule has 96 valence electrons. The molecule has 1 aromatic heterocycles. The fraction of sp³-hybridized carbons (Fsp3) is 0.250. The van der Waals surface area contributed by atoms with Gasteiger partial charge in [0.25, 0.3) is 0 Å². The van der Waals surface area contributed by atoms with Crippen LogP contribution in [0.1, 0.15) is 25.1 Å². The Hall–Kier alpha value is -0.910. The molecule has 0 fully saturated rings. The van der Waals surface area contributed by atoms with Crippen molar-refractivity contribution < 1.29 is 4.39 Å². The van der Waals surface area contributed by atoms with Crippen LogP contribution in [0.5, 0.6) is 0 Å². The van der Waals surface area contributed by atoms with E-state index in [1.165, 1.54) is 12.1 Å². The molecule has 0 unspecified atom stereocenters. The Kier molecular flexibility index (Phi) is 4.04. The van der Waals surface area contributed by atoms with Gasteiger partial charge in [-0.25, -0.2) is 9.37 Å². The Labute approximate surface area is 118 Å². The Morgan fingerprint density at radius 2 is 2.28 bits per heavy atom. The van der Waals surface area contributed by atoms with Crippen molar-refractivity contribution in [3.05, 3.63) is 45.7 Å². The smallest absolute Gasteiger partial charge is 0.125 e. The van der Waals surface area contributed by atoms with Crippen molar-refractivity contribution in [2.75, 3.05) is 0 Å². The van der Waals surface area contributed by atoms with E-state index in [0.29, 0.717) is 15.2 Å². The average molecular weight is 333 g/mol. The molecular weight excluding hydrogens is 321 g/mol. The summed E-state index contributed by atoms with van der Waals surface area (Å²) >= 11 is 9.40. The molecule has 0 bridgehead atoms. The lowest BCUT2D eigenvalue weighted by Crippen LogP contribution is -2.13. The number of halogens is 3. The number of hydrogen-bond donors (Lipinski definition) is 1. The number of hydrogen-bond acceptors (Lipinski definition) is 2. The molecule has 0 aliphatic carbocycles. The van der Waals surface area contributed by atoms with Crippen molar-refractivity contribution >= 4 is 27.5 Å². The third-order valence-corrected chi connectivity index (χ3v) is 3.60. The number of nitrogens with zero attached hydrogens (tertiary/aromatic N) is 2. The van der Waals surface area contributed by atoms with Crippen LogP contribution in [0.15, 0.2) is 29.1 Å². The van der Waals surface area contributed by atoms with E-state index in [0.717, 1.165) is 12.1 Å². The number of benzene rings is 1. The van der Waals surface area contributed by atoms with Crippen LogP contribution in [-0.4, -0.2) is 9.55 Å². The van der Waals surface area contributed by atoms with Gasteiger partial charge in [0.15, 0.2) is 0 Å². The Morgan fingerprint density at radius 1 is 1.56 bits per heavy atom. The minimum Gasteiger partial charge on any atom is -0.323 e. The third kappa shape index (κ3) is 2.43. The highest BCUT2D eigenvalue weighted by atomic mass is 79.9. The van der Waals surface area contributed by atoms with E-state index < -0.39 is 5.82 Å². The maximum atomic E-state index is 13.2. The molecule has 0 saturated carbocycles. The van der Waals surface area contributed by atoms with Crippen molar-refractivity contribution in [2.45, 2.75) is 19.4 Å². The standard InChI is InChI=1S/C12H12BrClFN3/c1-2-10(16)11-5-17-6-18(11)12-8(13)3-7(15)4-9(12)14/h3-6,10H,2,16H2,1H3/t10-/m1/s1. The summed E-state index contributed by atoms with van der Waals surface area (Å²) < 4.78 is 15.6. The Bertz CT molecular complexity index is 547. The maximum absolute atomic E-state index is 13.2. The first-order valence-electron chi connectivity index (χ1n) is 5.47. The molecule has 0 aliphatic rings. The fourth-order valence-corrected chi connectivity index (χ4v) is 2.77. The molecule has 0 aliphatic heterocycles. The van der Waals surface area contributed by atoms with Crippen molar-refractivity contribution in [1.82, 2.24) is 9.55 Å². The van der Waals surface area contributed by atoms with Crippen LogP contribution in [-0.2, 0) is 0 Å². The van der Waals surface area contributed by atoms with Gasteiger partial charge in [0.2, 0.25) is 0 Å². The average Bonchev–Trinajstić information content (AvgIpc) is 2.75. The monoisotopic (exact) mass is 331 g/mol.